The Morgan fingerprint density at radius 3 is 2.61 bits per heavy atom. The first-order valence-electron chi connectivity index (χ1n) is 7.69. The molecule has 4 heteroatoms. The van der Waals surface area contributed by atoms with E-state index in [1.54, 1.807) is 17.0 Å². The van der Waals surface area contributed by atoms with Crippen LogP contribution in [0.25, 0.3) is 0 Å². The van der Waals surface area contributed by atoms with Gasteiger partial charge in [-0.05, 0) is 49.1 Å². The summed E-state index contributed by atoms with van der Waals surface area (Å²) in [7, 11) is 0. The van der Waals surface area contributed by atoms with Crippen LogP contribution in [-0.2, 0) is 11.3 Å². The highest BCUT2D eigenvalue weighted by Crippen LogP contribution is 2.34. The van der Waals surface area contributed by atoms with Crippen molar-refractivity contribution in [2.24, 2.45) is 0 Å². The molecule has 2 aromatic rings. The summed E-state index contributed by atoms with van der Waals surface area (Å²) in [4.78, 5) is 14.3. The molecule has 1 saturated carbocycles. The van der Waals surface area contributed by atoms with Crippen LogP contribution >= 0.6 is 0 Å². The maximum Gasteiger partial charge on any atom is 0.414 e. The third-order valence-corrected chi connectivity index (χ3v) is 3.90. The first kappa shape index (κ1) is 15.1. The van der Waals surface area contributed by atoms with Crippen molar-refractivity contribution < 1.29 is 9.53 Å². The zero-order valence-corrected chi connectivity index (χ0v) is 13.0. The molecule has 0 saturated heterocycles. The Kier molecular flexibility index (Phi) is 4.29. The zero-order valence-electron chi connectivity index (χ0n) is 13.0. The van der Waals surface area contributed by atoms with E-state index in [0.29, 0.717) is 5.56 Å². The van der Waals surface area contributed by atoms with Crippen LogP contribution in [0, 0.1) is 18.3 Å². The normalized spacial score (nSPS) is 13.2. The second-order valence-corrected chi connectivity index (χ2v) is 5.75. The molecular weight excluding hydrogens is 288 g/mol. The molecule has 1 aliphatic rings. The average Bonchev–Trinajstić information content (AvgIpc) is 3.40. The highest BCUT2D eigenvalue weighted by Gasteiger charge is 2.35. The lowest BCUT2D eigenvalue weighted by Crippen LogP contribution is -2.34. The summed E-state index contributed by atoms with van der Waals surface area (Å²) < 4.78 is 5.48. The molecule has 0 radical (unpaired) electrons. The largest absolute Gasteiger partial charge is 0.444 e. The van der Waals surface area contributed by atoms with Crippen LogP contribution in [0.4, 0.5) is 10.5 Å². The lowest BCUT2D eigenvalue weighted by atomic mass is 10.1. The Morgan fingerprint density at radius 2 is 2.00 bits per heavy atom. The minimum absolute atomic E-state index is 0.199. The van der Waals surface area contributed by atoms with Crippen molar-refractivity contribution in [3.63, 3.8) is 0 Å². The van der Waals surface area contributed by atoms with Gasteiger partial charge in [-0.3, -0.25) is 4.90 Å². The predicted octanol–water partition coefficient (Wildman–Crippen LogP) is 4.17. The lowest BCUT2D eigenvalue weighted by molar-refractivity contribution is 0.146. The number of amides is 1. The van der Waals surface area contributed by atoms with Gasteiger partial charge in [-0.15, -0.1) is 0 Å². The van der Waals surface area contributed by atoms with Gasteiger partial charge in [0.05, 0.1) is 17.3 Å². The topological polar surface area (TPSA) is 53.3 Å². The van der Waals surface area contributed by atoms with E-state index < -0.39 is 0 Å². The maximum absolute atomic E-state index is 12.5. The molecule has 0 aliphatic heterocycles. The zero-order chi connectivity index (χ0) is 16.2. The number of carbonyl (C=O) groups is 1. The molecule has 116 valence electrons. The summed E-state index contributed by atoms with van der Waals surface area (Å²) in [5.74, 6) is 0. The number of carbonyl (C=O) groups excluding carboxylic acids is 1. The molecule has 2 aromatic carbocycles. The van der Waals surface area contributed by atoms with E-state index in [1.165, 1.54) is 0 Å². The third-order valence-electron chi connectivity index (χ3n) is 3.90. The number of anilines is 1. The van der Waals surface area contributed by atoms with E-state index in [-0.39, 0.29) is 18.7 Å². The number of nitrogens with zero attached hydrogens (tertiary/aromatic N) is 2. The molecule has 3 rings (SSSR count). The summed E-state index contributed by atoms with van der Waals surface area (Å²) in [6.45, 7) is 2.17. The highest BCUT2D eigenvalue weighted by atomic mass is 16.6. The van der Waals surface area contributed by atoms with Crippen LogP contribution in [0.1, 0.15) is 29.5 Å². The fourth-order valence-electron chi connectivity index (χ4n) is 2.56. The van der Waals surface area contributed by atoms with E-state index in [0.717, 1.165) is 29.7 Å². The Morgan fingerprint density at radius 1 is 1.26 bits per heavy atom. The van der Waals surface area contributed by atoms with E-state index in [1.807, 2.05) is 43.3 Å². The minimum atomic E-state index is -0.329. The van der Waals surface area contributed by atoms with Crippen LogP contribution in [0.3, 0.4) is 0 Å². The minimum Gasteiger partial charge on any atom is -0.444 e. The molecule has 0 bridgehead atoms. The summed E-state index contributed by atoms with van der Waals surface area (Å²) in [5.41, 5.74) is 3.30. The highest BCUT2D eigenvalue weighted by molar-refractivity contribution is 5.90. The van der Waals surface area contributed by atoms with Gasteiger partial charge in [0.1, 0.15) is 6.61 Å². The predicted molar refractivity (Wildman–Crippen MR) is 88.0 cm³/mol. The second kappa shape index (κ2) is 6.53. The summed E-state index contributed by atoms with van der Waals surface area (Å²) in [6.07, 6.45) is 1.64. The van der Waals surface area contributed by atoms with Gasteiger partial charge in [0.15, 0.2) is 0 Å². The monoisotopic (exact) mass is 306 g/mol. The lowest BCUT2D eigenvalue weighted by Gasteiger charge is -2.23. The van der Waals surface area contributed by atoms with Crippen molar-refractivity contribution >= 4 is 11.8 Å². The first-order valence-corrected chi connectivity index (χ1v) is 7.69. The van der Waals surface area contributed by atoms with Crippen LogP contribution in [0.15, 0.2) is 48.5 Å². The molecule has 1 fully saturated rings. The smallest absolute Gasteiger partial charge is 0.414 e. The molecular formula is C19H18N2O2. The van der Waals surface area contributed by atoms with Crippen molar-refractivity contribution in [1.29, 1.82) is 5.26 Å². The molecule has 0 N–H and O–H groups in total. The molecule has 0 unspecified atom stereocenters. The van der Waals surface area contributed by atoms with Crippen molar-refractivity contribution in [1.82, 2.24) is 0 Å². The van der Waals surface area contributed by atoms with E-state index in [2.05, 4.69) is 6.07 Å². The number of hydrogen-bond acceptors (Lipinski definition) is 3. The standard InChI is InChI=1S/C19H18N2O2/c1-14-11-16(12-20)7-10-18(14)21(17-8-9-17)19(22)23-13-15-5-3-2-4-6-15/h2-7,10-11,17H,8-9,13H2,1H3. The maximum atomic E-state index is 12.5. The van der Waals surface area contributed by atoms with Crippen LogP contribution in [-0.4, -0.2) is 12.1 Å². The fourth-order valence-corrected chi connectivity index (χ4v) is 2.56. The Hall–Kier alpha value is -2.80. The summed E-state index contributed by atoms with van der Waals surface area (Å²) >= 11 is 0. The van der Waals surface area contributed by atoms with Crippen molar-refractivity contribution in [3.8, 4) is 6.07 Å². The quantitative estimate of drug-likeness (QED) is 0.851. The van der Waals surface area contributed by atoms with Crippen molar-refractivity contribution in [2.75, 3.05) is 4.90 Å². The molecule has 23 heavy (non-hydrogen) atoms. The van der Waals surface area contributed by atoms with Crippen LogP contribution < -0.4 is 4.90 Å². The second-order valence-electron chi connectivity index (χ2n) is 5.75. The molecule has 0 heterocycles. The van der Waals surface area contributed by atoms with Crippen LogP contribution in [0.2, 0.25) is 0 Å². The van der Waals surface area contributed by atoms with Gasteiger partial charge >= 0.3 is 6.09 Å². The number of nitriles is 1. The molecule has 0 spiro atoms. The molecule has 0 atom stereocenters. The third kappa shape index (κ3) is 3.51. The van der Waals surface area contributed by atoms with Gasteiger partial charge in [-0.2, -0.15) is 5.26 Å². The van der Waals surface area contributed by atoms with Gasteiger partial charge in [-0.1, -0.05) is 30.3 Å². The van der Waals surface area contributed by atoms with Crippen LogP contribution in [0.5, 0.6) is 0 Å². The van der Waals surface area contributed by atoms with Gasteiger partial charge in [0, 0.05) is 6.04 Å². The van der Waals surface area contributed by atoms with E-state index in [4.69, 9.17) is 10.00 Å². The summed E-state index contributed by atoms with van der Waals surface area (Å²) in [5, 5.41) is 8.98. The fraction of sp³-hybridized carbons (Fsp3) is 0.263. The molecule has 0 aromatic heterocycles. The van der Waals surface area contributed by atoms with Gasteiger partial charge in [-0.25, -0.2) is 4.79 Å². The van der Waals surface area contributed by atoms with E-state index >= 15 is 0 Å². The number of rotatable bonds is 4. The molecule has 1 aliphatic carbocycles. The first-order chi connectivity index (χ1) is 11.2. The Balaban J connectivity index is 1.76. The van der Waals surface area contributed by atoms with Gasteiger partial charge < -0.3 is 4.74 Å². The van der Waals surface area contributed by atoms with Crippen molar-refractivity contribution in [3.05, 3.63) is 65.2 Å². The SMILES string of the molecule is Cc1cc(C#N)ccc1N(C(=O)OCc1ccccc1)C1CC1. The summed E-state index contributed by atoms with van der Waals surface area (Å²) in [6, 6.07) is 17.3. The average molecular weight is 306 g/mol. The number of ether oxygens (including phenoxy) is 1. The molecule has 4 nitrogen and oxygen atoms in total. The van der Waals surface area contributed by atoms with Crippen molar-refractivity contribution in [2.45, 2.75) is 32.4 Å². The number of hydrogen-bond donors (Lipinski definition) is 0. The Bertz CT molecular complexity index is 746. The molecule has 1 amide bonds. The Labute approximate surface area is 135 Å². The number of benzene rings is 2. The number of aryl methyl sites for hydroxylation is 1. The van der Waals surface area contributed by atoms with Gasteiger partial charge in [0.25, 0.3) is 0 Å². The van der Waals surface area contributed by atoms with Gasteiger partial charge in [0.2, 0.25) is 0 Å². The van der Waals surface area contributed by atoms with E-state index in [9.17, 15) is 4.79 Å².